The lowest BCUT2D eigenvalue weighted by Crippen LogP contribution is -2.55. The molecule has 1 aromatic carbocycles. The predicted octanol–water partition coefficient (Wildman–Crippen LogP) is 3.19. The van der Waals surface area contributed by atoms with Crippen LogP contribution in [0, 0.1) is 11.7 Å². The van der Waals surface area contributed by atoms with Gasteiger partial charge in [-0.25, -0.2) is 9.18 Å². The van der Waals surface area contributed by atoms with Crippen molar-refractivity contribution >= 4 is 23.6 Å². The molecule has 2 saturated heterocycles. The number of nitrogens with zero attached hydrogens (tertiary/aromatic N) is 2. The van der Waals surface area contributed by atoms with Crippen molar-refractivity contribution in [3.8, 4) is 5.75 Å². The van der Waals surface area contributed by atoms with Gasteiger partial charge in [0.2, 0.25) is 0 Å². The number of amides is 2. The third-order valence-electron chi connectivity index (χ3n) is 5.09. The molecule has 2 amide bonds. The molecule has 0 aliphatic carbocycles. The van der Waals surface area contributed by atoms with Crippen molar-refractivity contribution in [3.05, 3.63) is 41.3 Å². The second-order valence-electron chi connectivity index (χ2n) is 7.70. The summed E-state index contributed by atoms with van der Waals surface area (Å²) in [5.74, 6) is -1.17. The van der Waals surface area contributed by atoms with Crippen LogP contribution < -0.4 is 10.1 Å². The minimum Gasteiger partial charge on any atom is -0.484 e. The van der Waals surface area contributed by atoms with Gasteiger partial charge in [0.25, 0.3) is 5.91 Å². The summed E-state index contributed by atoms with van der Waals surface area (Å²) in [6.45, 7) is 3.35. The van der Waals surface area contributed by atoms with Gasteiger partial charge in [0.1, 0.15) is 17.7 Å². The van der Waals surface area contributed by atoms with Crippen molar-refractivity contribution in [1.82, 2.24) is 15.1 Å². The first-order valence-electron chi connectivity index (χ1n) is 9.80. The SMILES string of the molecule is C=C(CCN1CC(C2CN(CC(F)(F)F)C2)OC1=O)NC(=O)COc1ccc(Cl)c(F)c1. The highest BCUT2D eigenvalue weighted by Gasteiger charge is 2.44. The fourth-order valence-electron chi connectivity index (χ4n) is 3.47. The molecule has 3 rings (SSSR count). The van der Waals surface area contributed by atoms with Crippen molar-refractivity contribution in [3.63, 3.8) is 0 Å². The van der Waals surface area contributed by atoms with Gasteiger partial charge in [-0.05, 0) is 12.1 Å². The van der Waals surface area contributed by atoms with E-state index >= 15 is 0 Å². The molecule has 2 heterocycles. The predicted molar refractivity (Wildman–Crippen MR) is 107 cm³/mol. The highest BCUT2D eigenvalue weighted by molar-refractivity contribution is 6.30. The Hall–Kier alpha value is -2.53. The number of carbonyl (C=O) groups excluding carboxylic acids is 2. The first-order chi connectivity index (χ1) is 15.0. The standard InChI is InChI=1S/C20H22ClF4N3O4/c1-12(26-18(29)10-31-14-2-3-15(21)16(22)6-14)4-5-28-9-17(32-19(28)30)13-7-27(8-13)11-20(23,24)25/h2-3,6,13,17H,1,4-5,7-11H2,(H,26,29). The van der Waals surface area contributed by atoms with Crippen LogP contribution in [0.2, 0.25) is 5.02 Å². The zero-order valence-electron chi connectivity index (χ0n) is 17.0. The Labute approximate surface area is 186 Å². The summed E-state index contributed by atoms with van der Waals surface area (Å²) in [6.07, 6.45) is -4.99. The number of benzene rings is 1. The molecule has 1 unspecified atom stereocenters. The normalized spacial score (nSPS) is 19.5. The Bertz CT molecular complexity index is 877. The number of cyclic esters (lactones) is 1. The molecule has 0 aromatic heterocycles. The smallest absolute Gasteiger partial charge is 0.410 e. The second-order valence-corrected chi connectivity index (χ2v) is 8.11. The second kappa shape index (κ2) is 9.95. The Balaban J connectivity index is 1.34. The summed E-state index contributed by atoms with van der Waals surface area (Å²) in [6, 6.07) is 3.79. The molecule has 0 bridgehead atoms. The largest absolute Gasteiger partial charge is 0.484 e. The first kappa shape index (κ1) is 24.1. The number of likely N-dealkylation sites (tertiary alicyclic amines) is 1. The molecule has 32 heavy (non-hydrogen) atoms. The van der Waals surface area contributed by atoms with Gasteiger partial charge in [-0.15, -0.1) is 0 Å². The van der Waals surface area contributed by atoms with Gasteiger partial charge >= 0.3 is 12.3 Å². The summed E-state index contributed by atoms with van der Waals surface area (Å²) in [4.78, 5) is 26.7. The van der Waals surface area contributed by atoms with Crippen LogP contribution in [0.1, 0.15) is 6.42 Å². The molecule has 0 saturated carbocycles. The molecule has 12 heteroatoms. The topological polar surface area (TPSA) is 71.1 Å². The van der Waals surface area contributed by atoms with Crippen LogP contribution in [0.15, 0.2) is 30.5 Å². The average molecular weight is 480 g/mol. The molecule has 176 valence electrons. The molecule has 2 aliphatic rings. The van der Waals surface area contributed by atoms with Gasteiger partial charge in [-0.3, -0.25) is 9.69 Å². The molecule has 1 aromatic rings. The maximum Gasteiger partial charge on any atom is 0.410 e. The minimum absolute atomic E-state index is 0.0613. The Morgan fingerprint density at radius 3 is 2.69 bits per heavy atom. The third-order valence-corrected chi connectivity index (χ3v) is 5.39. The van der Waals surface area contributed by atoms with Crippen molar-refractivity contribution in [1.29, 1.82) is 0 Å². The number of halogens is 5. The molecule has 2 fully saturated rings. The number of carbonyl (C=O) groups is 2. The van der Waals surface area contributed by atoms with Gasteiger partial charge < -0.3 is 19.7 Å². The van der Waals surface area contributed by atoms with E-state index in [1.807, 2.05) is 0 Å². The molecule has 0 radical (unpaired) electrons. The number of ether oxygens (including phenoxy) is 2. The molecular weight excluding hydrogens is 458 g/mol. The monoisotopic (exact) mass is 479 g/mol. The number of hydrogen-bond acceptors (Lipinski definition) is 5. The van der Waals surface area contributed by atoms with Crippen LogP contribution in [0.25, 0.3) is 0 Å². The van der Waals surface area contributed by atoms with E-state index < -0.39 is 36.6 Å². The summed E-state index contributed by atoms with van der Waals surface area (Å²) in [5.41, 5.74) is 0.345. The molecule has 2 aliphatic heterocycles. The lowest BCUT2D eigenvalue weighted by molar-refractivity contribution is -0.163. The zero-order valence-corrected chi connectivity index (χ0v) is 17.7. The van der Waals surface area contributed by atoms with Gasteiger partial charge in [0.15, 0.2) is 6.61 Å². The Kier molecular flexibility index (Phi) is 7.50. The number of hydrogen-bond donors (Lipinski definition) is 1. The maximum atomic E-state index is 13.4. The Morgan fingerprint density at radius 1 is 1.31 bits per heavy atom. The average Bonchev–Trinajstić information content (AvgIpc) is 3.03. The van der Waals surface area contributed by atoms with Crippen molar-refractivity contribution in [2.45, 2.75) is 18.7 Å². The molecule has 0 spiro atoms. The summed E-state index contributed by atoms with van der Waals surface area (Å²) >= 11 is 5.58. The fourth-order valence-corrected chi connectivity index (χ4v) is 3.59. The molecule has 1 N–H and O–H groups in total. The highest BCUT2D eigenvalue weighted by atomic mass is 35.5. The van der Waals surface area contributed by atoms with Crippen LogP contribution in [-0.4, -0.2) is 73.4 Å². The minimum atomic E-state index is -4.25. The fraction of sp³-hybridized carbons (Fsp3) is 0.500. The van der Waals surface area contributed by atoms with E-state index in [2.05, 4.69) is 11.9 Å². The first-order valence-corrected chi connectivity index (χ1v) is 10.2. The number of rotatable bonds is 9. The van der Waals surface area contributed by atoms with Gasteiger partial charge in [-0.1, -0.05) is 18.2 Å². The van der Waals surface area contributed by atoms with E-state index in [0.717, 1.165) is 6.07 Å². The van der Waals surface area contributed by atoms with Crippen molar-refractivity contribution in [2.24, 2.45) is 5.92 Å². The van der Waals surface area contributed by atoms with Crippen LogP contribution in [0.4, 0.5) is 22.4 Å². The zero-order chi connectivity index (χ0) is 23.5. The quantitative estimate of drug-likeness (QED) is 0.551. The van der Waals surface area contributed by atoms with E-state index in [1.54, 1.807) is 0 Å². The van der Waals surface area contributed by atoms with Gasteiger partial charge in [-0.2, -0.15) is 13.2 Å². The van der Waals surface area contributed by atoms with Gasteiger partial charge in [0.05, 0.1) is 18.1 Å². The lowest BCUT2D eigenvalue weighted by atomic mass is 9.93. The molecule has 7 nitrogen and oxygen atoms in total. The lowest BCUT2D eigenvalue weighted by Gasteiger charge is -2.41. The van der Waals surface area contributed by atoms with Crippen LogP contribution >= 0.6 is 11.6 Å². The van der Waals surface area contributed by atoms with E-state index in [9.17, 15) is 27.2 Å². The van der Waals surface area contributed by atoms with E-state index in [4.69, 9.17) is 21.1 Å². The van der Waals surface area contributed by atoms with Crippen molar-refractivity contribution in [2.75, 3.05) is 39.3 Å². The number of nitrogens with one attached hydrogen (secondary N) is 1. The summed E-state index contributed by atoms with van der Waals surface area (Å²) in [5, 5.41) is 2.47. The van der Waals surface area contributed by atoms with Crippen molar-refractivity contribution < 1.29 is 36.6 Å². The summed E-state index contributed by atoms with van der Waals surface area (Å²) < 4.78 is 61.0. The van der Waals surface area contributed by atoms with E-state index in [1.165, 1.54) is 21.9 Å². The van der Waals surface area contributed by atoms with E-state index in [-0.39, 0.29) is 55.9 Å². The molecule has 1 atom stereocenters. The van der Waals surface area contributed by atoms with Crippen LogP contribution in [0.3, 0.4) is 0 Å². The summed E-state index contributed by atoms with van der Waals surface area (Å²) in [7, 11) is 0. The van der Waals surface area contributed by atoms with E-state index in [0.29, 0.717) is 5.70 Å². The third kappa shape index (κ3) is 6.73. The molecular formula is C20H22ClF4N3O4. The highest BCUT2D eigenvalue weighted by Crippen LogP contribution is 2.29. The van der Waals surface area contributed by atoms with Gasteiger partial charge in [0, 0.05) is 43.7 Å². The number of alkyl halides is 3. The maximum absolute atomic E-state index is 13.4. The van der Waals surface area contributed by atoms with Crippen LogP contribution in [0.5, 0.6) is 5.75 Å². The Morgan fingerprint density at radius 2 is 2.03 bits per heavy atom. The van der Waals surface area contributed by atoms with Crippen LogP contribution in [-0.2, 0) is 9.53 Å².